The van der Waals surface area contributed by atoms with E-state index in [-0.39, 0.29) is 17.5 Å². The second-order valence-corrected chi connectivity index (χ2v) is 10.2. The van der Waals surface area contributed by atoms with Crippen LogP contribution in [0.25, 0.3) is 11.3 Å². The van der Waals surface area contributed by atoms with Gasteiger partial charge in [-0.1, -0.05) is 50.3 Å². The van der Waals surface area contributed by atoms with Gasteiger partial charge in [0, 0.05) is 31.7 Å². The number of para-hydroxylation sites is 1. The lowest BCUT2D eigenvalue weighted by Crippen LogP contribution is -2.64. The number of hydrogen-bond donors (Lipinski definition) is 2. The van der Waals surface area contributed by atoms with Gasteiger partial charge in [-0.25, -0.2) is 10.4 Å². The third-order valence-electron chi connectivity index (χ3n) is 8.20. The predicted molar refractivity (Wildman–Crippen MR) is 133 cm³/mol. The lowest BCUT2D eigenvalue weighted by Gasteiger charge is -2.44. The van der Waals surface area contributed by atoms with Gasteiger partial charge < -0.3 is 10.3 Å². The molecule has 0 unspecified atom stereocenters. The van der Waals surface area contributed by atoms with Crippen molar-refractivity contribution >= 4 is 17.4 Å². The molecule has 9 heteroatoms. The number of nitrogens with one attached hydrogen (secondary N) is 2. The summed E-state index contributed by atoms with van der Waals surface area (Å²) in [6.07, 6.45) is 14.4. The molecule has 35 heavy (non-hydrogen) atoms. The Hall–Kier alpha value is -3.22. The number of hydrazine groups is 1. The Kier molecular flexibility index (Phi) is 5.78. The summed E-state index contributed by atoms with van der Waals surface area (Å²) in [6, 6.07) is 6.14. The molecule has 4 aliphatic rings. The van der Waals surface area contributed by atoms with Crippen LogP contribution in [0, 0.1) is 11.5 Å². The van der Waals surface area contributed by atoms with Crippen LogP contribution >= 0.6 is 0 Å². The number of nitriles is 1. The third kappa shape index (κ3) is 3.91. The van der Waals surface area contributed by atoms with Gasteiger partial charge in [0.2, 0.25) is 5.91 Å². The molecule has 9 nitrogen and oxygen atoms in total. The first kappa shape index (κ1) is 22.3. The Morgan fingerprint density at radius 2 is 1.80 bits per heavy atom. The van der Waals surface area contributed by atoms with Gasteiger partial charge in [-0.3, -0.25) is 19.6 Å². The number of fused-ring (bicyclic) bond motifs is 3. The van der Waals surface area contributed by atoms with Crippen LogP contribution in [0.2, 0.25) is 0 Å². The average Bonchev–Trinajstić information content (AvgIpc) is 3.26. The molecule has 1 amide bonds. The van der Waals surface area contributed by atoms with Gasteiger partial charge in [-0.2, -0.15) is 5.26 Å². The maximum absolute atomic E-state index is 13.2. The van der Waals surface area contributed by atoms with E-state index in [0.29, 0.717) is 25.5 Å². The topological polar surface area (TPSA) is 100 Å². The number of piperazine rings is 2. The highest BCUT2D eigenvalue weighted by atomic mass is 16.2. The van der Waals surface area contributed by atoms with Crippen molar-refractivity contribution in [3.8, 4) is 17.5 Å². The Morgan fingerprint density at radius 3 is 2.57 bits per heavy atom. The third-order valence-corrected chi connectivity index (χ3v) is 8.20. The summed E-state index contributed by atoms with van der Waals surface area (Å²) in [5.41, 5.74) is 11.4. The number of aromatic nitrogens is 2. The molecule has 0 bridgehead atoms. The van der Waals surface area contributed by atoms with Gasteiger partial charge in [0.1, 0.15) is 6.04 Å². The summed E-state index contributed by atoms with van der Waals surface area (Å²) in [5, 5.41) is 9.26. The van der Waals surface area contributed by atoms with E-state index in [1.54, 1.807) is 22.2 Å². The largest absolute Gasteiger partial charge is 0.320 e. The fraction of sp³-hybridized carbons (Fsp3) is 0.538. The first-order valence-electron chi connectivity index (χ1n) is 12.9. The van der Waals surface area contributed by atoms with E-state index < -0.39 is 0 Å². The van der Waals surface area contributed by atoms with E-state index in [0.717, 1.165) is 42.9 Å². The molecule has 2 N–H and O–H groups in total. The van der Waals surface area contributed by atoms with Crippen molar-refractivity contribution in [2.75, 3.05) is 43.0 Å². The monoisotopic (exact) mass is 472 g/mol. The SMILES string of the molecule is N#CN1CCN2CCN(c3cnc(-c4cccc5c4NNC54CCCCCCC4)cn3)C(=O)[C@H]2C1. The lowest BCUT2D eigenvalue weighted by atomic mass is 9.79. The Morgan fingerprint density at radius 1 is 1.00 bits per heavy atom. The van der Waals surface area contributed by atoms with Crippen LogP contribution in [0.4, 0.5) is 11.5 Å². The van der Waals surface area contributed by atoms with E-state index >= 15 is 0 Å². The fourth-order valence-electron chi connectivity index (χ4n) is 6.21. The molecule has 1 spiro atoms. The summed E-state index contributed by atoms with van der Waals surface area (Å²) in [7, 11) is 0. The molecule has 3 fully saturated rings. The van der Waals surface area contributed by atoms with Crippen molar-refractivity contribution in [2.45, 2.75) is 56.5 Å². The molecule has 182 valence electrons. The van der Waals surface area contributed by atoms with Gasteiger partial charge in [0.15, 0.2) is 12.0 Å². The maximum Gasteiger partial charge on any atom is 0.247 e. The molecule has 1 aliphatic carbocycles. The molecule has 1 aromatic heterocycles. The van der Waals surface area contributed by atoms with Gasteiger partial charge in [-0.15, -0.1) is 0 Å². The highest BCUT2D eigenvalue weighted by molar-refractivity contribution is 5.97. The Balaban J connectivity index is 1.24. The molecule has 1 saturated carbocycles. The van der Waals surface area contributed by atoms with Gasteiger partial charge >= 0.3 is 0 Å². The minimum absolute atomic E-state index is 0.00376. The van der Waals surface area contributed by atoms with Crippen molar-refractivity contribution in [1.82, 2.24) is 25.2 Å². The number of benzene rings is 1. The van der Waals surface area contributed by atoms with E-state index in [4.69, 9.17) is 4.98 Å². The molecular weight excluding hydrogens is 440 g/mol. The van der Waals surface area contributed by atoms with Crippen LogP contribution in [-0.2, 0) is 10.3 Å². The molecule has 4 heterocycles. The average molecular weight is 473 g/mol. The number of amides is 1. The van der Waals surface area contributed by atoms with Crippen LogP contribution in [0.3, 0.4) is 0 Å². The quantitative estimate of drug-likeness (QED) is 0.644. The number of carbonyl (C=O) groups excluding carboxylic acids is 1. The van der Waals surface area contributed by atoms with Gasteiger partial charge in [-0.05, 0) is 18.4 Å². The predicted octanol–water partition coefficient (Wildman–Crippen LogP) is 2.83. The zero-order chi connectivity index (χ0) is 23.8. The smallest absolute Gasteiger partial charge is 0.247 e. The van der Waals surface area contributed by atoms with Gasteiger partial charge in [0.05, 0.1) is 35.9 Å². The summed E-state index contributed by atoms with van der Waals surface area (Å²) >= 11 is 0. The summed E-state index contributed by atoms with van der Waals surface area (Å²) < 4.78 is 0. The zero-order valence-corrected chi connectivity index (χ0v) is 20.0. The highest BCUT2D eigenvalue weighted by Gasteiger charge is 2.41. The number of rotatable bonds is 2. The molecule has 6 rings (SSSR count). The minimum atomic E-state index is -0.300. The normalized spacial score (nSPS) is 24.2. The second kappa shape index (κ2) is 9.10. The standard InChI is InChI=1S/C26H32N8O/c27-18-32-11-12-33-13-14-34(25(35)22(33)17-32)23-16-28-21(15-29-23)19-7-6-8-20-24(19)30-31-26(20)9-4-2-1-3-5-10-26/h6-8,15-16,22,30-31H,1-5,9-14,17H2/t22-/m1/s1. The molecule has 2 saturated heterocycles. The van der Waals surface area contributed by atoms with E-state index in [1.807, 2.05) is 0 Å². The van der Waals surface area contributed by atoms with Crippen LogP contribution in [0.15, 0.2) is 30.6 Å². The van der Waals surface area contributed by atoms with Crippen molar-refractivity contribution in [3.63, 3.8) is 0 Å². The minimum Gasteiger partial charge on any atom is -0.320 e. The van der Waals surface area contributed by atoms with Crippen LogP contribution < -0.4 is 15.8 Å². The van der Waals surface area contributed by atoms with Crippen molar-refractivity contribution < 1.29 is 4.79 Å². The van der Waals surface area contributed by atoms with Crippen LogP contribution in [-0.4, -0.2) is 64.4 Å². The van der Waals surface area contributed by atoms with E-state index in [2.05, 4.69) is 45.1 Å². The first-order valence-corrected chi connectivity index (χ1v) is 12.9. The van der Waals surface area contributed by atoms with Crippen molar-refractivity contribution in [1.29, 1.82) is 5.26 Å². The molecule has 0 radical (unpaired) electrons. The molecule has 1 aromatic carbocycles. The van der Waals surface area contributed by atoms with Crippen molar-refractivity contribution in [2.24, 2.45) is 0 Å². The maximum atomic E-state index is 13.2. The summed E-state index contributed by atoms with van der Waals surface area (Å²) in [4.78, 5) is 28.2. The fourth-order valence-corrected chi connectivity index (χ4v) is 6.21. The number of nitrogens with zero attached hydrogens (tertiary/aromatic N) is 6. The molecule has 3 aliphatic heterocycles. The van der Waals surface area contributed by atoms with E-state index in [9.17, 15) is 10.1 Å². The molecule has 1 atom stereocenters. The van der Waals surface area contributed by atoms with Crippen LogP contribution in [0.5, 0.6) is 0 Å². The number of anilines is 2. The molecule has 2 aromatic rings. The first-order chi connectivity index (χ1) is 17.2. The Bertz CT molecular complexity index is 1140. The van der Waals surface area contributed by atoms with E-state index in [1.165, 1.54) is 37.7 Å². The van der Waals surface area contributed by atoms with Crippen molar-refractivity contribution in [3.05, 3.63) is 36.2 Å². The van der Waals surface area contributed by atoms with Gasteiger partial charge in [0.25, 0.3) is 0 Å². The zero-order valence-electron chi connectivity index (χ0n) is 20.0. The highest BCUT2D eigenvalue weighted by Crippen LogP contribution is 2.45. The van der Waals surface area contributed by atoms with Crippen LogP contribution in [0.1, 0.15) is 50.5 Å². The molecular formula is C26H32N8O. The lowest BCUT2D eigenvalue weighted by molar-refractivity contribution is -0.127. The summed E-state index contributed by atoms with van der Waals surface area (Å²) in [6.45, 7) is 3.23. The number of carbonyl (C=O) groups is 1. The Labute approximate surface area is 206 Å². The number of hydrogen-bond acceptors (Lipinski definition) is 8. The second-order valence-electron chi connectivity index (χ2n) is 10.2. The summed E-state index contributed by atoms with van der Waals surface area (Å²) in [5.74, 6) is 0.568.